The summed E-state index contributed by atoms with van der Waals surface area (Å²) in [6, 6.07) is 4.36. The molecule has 3 nitrogen and oxygen atoms in total. The molecule has 0 saturated carbocycles. The van der Waals surface area contributed by atoms with Gasteiger partial charge in [0.2, 0.25) is 0 Å². The topological polar surface area (TPSA) is 39.2 Å². The lowest BCUT2D eigenvalue weighted by atomic mass is 10.0. The van der Waals surface area contributed by atoms with Gasteiger partial charge in [-0.2, -0.15) is 0 Å². The van der Waals surface area contributed by atoms with Crippen LogP contribution in [-0.2, 0) is 22.4 Å². The third-order valence-corrected chi connectivity index (χ3v) is 3.67. The van der Waals surface area contributed by atoms with Gasteiger partial charge in [0.25, 0.3) is 0 Å². The third kappa shape index (κ3) is 7.26. The quantitative estimate of drug-likeness (QED) is 0.474. The van der Waals surface area contributed by atoms with E-state index in [2.05, 4.69) is 31.0 Å². The van der Waals surface area contributed by atoms with Crippen molar-refractivity contribution in [2.45, 2.75) is 72.1 Å². The monoisotopic (exact) mass is 291 g/mol. The van der Waals surface area contributed by atoms with E-state index in [4.69, 9.17) is 4.74 Å². The van der Waals surface area contributed by atoms with Crippen LogP contribution in [0.15, 0.2) is 12.1 Å². The van der Waals surface area contributed by atoms with Crippen molar-refractivity contribution in [3.8, 4) is 0 Å². The second-order valence-electron chi connectivity index (χ2n) is 5.52. The normalized spacial score (nSPS) is 10.6. The number of ether oxygens (including phenoxy) is 1. The van der Waals surface area contributed by atoms with Crippen LogP contribution in [0.2, 0.25) is 0 Å². The Hall–Kier alpha value is -1.38. The molecule has 0 aliphatic heterocycles. The number of carbonyl (C=O) groups is 1. The molecule has 1 heterocycles. The predicted molar refractivity (Wildman–Crippen MR) is 86.4 cm³/mol. The number of unbranched alkanes of at least 4 members (excludes halogenated alkanes) is 3. The zero-order valence-electron chi connectivity index (χ0n) is 13.8. The molecule has 0 radical (unpaired) electrons. The molecule has 0 unspecified atom stereocenters. The summed E-state index contributed by atoms with van der Waals surface area (Å²) in [6.45, 7) is 6.64. The van der Waals surface area contributed by atoms with E-state index in [1.54, 1.807) is 0 Å². The molecule has 0 spiro atoms. The fourth-order valence-electron chi connectivity index (χ4n) is 2.42. The van der Waals surface area contributed by atoms with Crippen LogP contribution < -0.4 is 0 Å². The maximum Gasteiger partial charge on any atom is 0.305 e. The maximum atomic E-state index is 11.2. The van der Waals surface area contributed by atoms with Crippen LogP contribution in [0, 0.1) is 6.92 Å². The molecule has 0 bridgehead atoms. The molecule has 1 rings (SSSR count). The van der Waals surface area contributed by atoms with Crippen molar-refractivity contribution in [1.29, 1.82) is 0 Å². The molecular weight excluding hydrogens is 262 g/mol. The Morgan fingerprint density at radius 2 is 1.86 bits per heavy atom. The molecule has 0 aromatic carbocycles. The van der Waals surface area contributed by atoms with Gasteiger partial charge in [-0.25, -0.2) is 0 Å². The minimum absolute atomic E-state index is 0.0899. The molecule has 0 atom stereocenters. The highest BCUT2D eigenvalue weighted by Gasteiger charge is 2.04. The fourth-order valence-corrected chi connectivity index (χ4v) is 2.42. The Labute approximate surface area is 129 Å². The molecule has 0 saturated heterocycles. The number of rotatable bonds is 10. The molecule has 0 amide bonds. The Morgan fingerprint density at radius 3 is 2.52 bits per heavy atom. The first-order valence-electron chi connectivity index (χ1n) is 8.28. The van der Waals surface area contributed by atoms with E-state index in [0.29, 0.717) is 13.0 Å². The average molecular weight is 291 g/mol. The molecule has 0 fully saturated rings. The van der Waals surface area contributed by atoms with Gasteiger partial charge >= 0.3 is 5.97 Å². The fraction of sp³-hybridized carbons (Fsp3) is 0.667. The number of nitrogens with zero attached hydrogens (tertiary/aromatic N) is 1. The van der Waals surface area contributed by atoms with Crippen LogP contribution in [0.4, 0.5) is 0 Å². The Balaban J connectivity index is 2.33. The van der Waals surface area contributed by atoms with Crippen molar-refractivity contribution >= 4 is 5.97 Å². The molecule has 1 aromatic heterocycles. The van der Waals surface area contributed by atoms with E-state index in [1.165, 1.54) is 24.8 Å². The van der Waals surface area contributed by atoms with Crippen molar-refractivity contribution in [3.63, 3.8) is 0 Å². The van der Waals surface area contributed by atoms with Gasteiger partial charge < -0.3 is 4.74 Å². The maximum absolute atomic E-state index is 11.2. The van der Waals surface area contributed by atoms with Crippen LogP contribution in [0.1, 0.15) is 69.3 Å². The summed E-state index contributed by atoms with van der Waals surface area (Å²) in [6.07, 6.45) is 8.24. The van der Waals surface area contributed by atoms with E-state index in [9.17, 15) is 4.79 Å². The zero-order valence-corrected chi connectivity index (χ0v) is 13.8. The molecular formula is C18H29NO2. The van der Waals surface area contributed by atoms with E-state index in [0.717, 1.165) is 37.1 Å². The van der Waals surface area contributed by atoms with Crippen LogP contribution in [0.5, 0.6) is 0 Å². The summed E-state index contributed by atoms with van der Waals surface area (Å²) in [7, 11) is 0. The molecule has 1 aromatic rings. The Morgan fingerprint density at radius 1 is 1.10 bits per heavy atom. The molecule has 3 heteroatoms. The minimum Gasteiger partial charge on any atom is -0.466 e. The van der Waals surface area contributed by atoms with Gasteiger partial charge in [0.15, 0.2) is 0 Å². The van der Waals surface area contributed by atoms with Gasteiger partial charge in [0.1, 0.15) is 0 Å². The number of pyridine rings is 1. The lowest BCUT2D eigenvalue weighted by Gasteiger charge is -2.08. The van der Waals surface area contributed by atoms with Crippen molar-refractivity contribution in [2.75, 3.05) is 6.61 Å². The van der Waals surface area contributed by atoms with E-state index < -0.39 is 0 Å². The van der Waals surface area contributed by atoms with Crippen molar-refractivity contribution in [2.24, 2.45) is 0 Å². The van der Waals surface area contributed by atoms with Crippen molar-refractivity contribution in [3.05, 3.63) is 29.1 Å². The summed E-state index contributed by atoms with van der Waals surface area (Å²) in [5, 5.41) is 0. The highest BCUT2D eigenvalue weighted by molar-refractivity contribution is 5.69. The number of aryl methyl sites for hydroxylation is 3. The van der Waals surface area contributed by atoms with Crippen LogP contribution in [0.3, 0.4) is 0 Å². The van der Waals surface area contributed by atoms with Crippen LogP contribution in [0.25, 0.3) is 0 Å². The number of hydrogen-bond donors (Lipinski definition) is 0. The highest BCUT2D eigenvalue weighted by Crippen LogP contribution is 2.13. The van der Waals surface area contributed by atoms with Gasteiger partial charge in [-0.05, 0) is 57.6 Å². The first-order valence-corrected chi connectivity index (χ1v) is 8.28. The summed E-state index contributed by atoms with van der Waals surface area (Å²) in [5.74, 6) is -0.0899. The van der Waals surface area contributed by atoms with Crippen LogP contribution in [-0.4, -0.2) is 17.6 Å². The number of hydrogen-bond acceptors (Lipinski definition) is 3. The largest absolute Gasteiger partial charge is 0.466 e. The summed E-state index contributed by atoms with van der Waals surface area (Å²) >= 11 is 0. The standard InChI is InChI=1S/C18H29NO2/c1-4-6-7-10-16-13-14-17(19-15(16)3)11-8-9-12-18(20)21-5-2/h13-14H,4-12H2,1-3H3. The number of carbonyl (C=O) groups excluding carboxylic acids is 1. The summed E-state index contributed by atoms with van der Waals surface area (Å²) in [4.78, 5) is 15.9. The Kier molecular flexibility index (Phi) is 8.72. The summed E-state index contributed by atoms with van der Waals surface area (Å²) < 4.78 is 4.92. The van der Waals surface area contributed by atoms with Gasteiger partial charge in [0.05, 0.1) is 6.61 Å². The first-order chi connectivity index (χ1) is 10.2. The highest BCUT2D eigenvalue weighted by atomic mass is 16.5. The second-order valence-corrected chi connectivity index (χ2v) is 5.52. The van der Waals surface area contributed by atoms with Crippen molar-refractivity contribution in [1.82, 2.24) is 4.98 Å². The predicted octanol–water partition coefficient (Wildman–Crippen LogP) is 4.40. The molecule has 0 aliphatic rings. The molecule has 21 heavy (non-hydrogen) atoms. The van der Waals surface area contributed by atoms with Crippen LogP contribution >= 0.6 is 0 Å². The van der Waals surface area contributed by atoms with E-state index in [1.807, 2.05) is 6.92 Å². The van der Waals surface area contributed by atoms with E-state index in [-0.39, 0.29) is 5.97 Å². The van der Waals surface area contributed by atoms with Crippen molar-refractivity contribution < 1.29 is 9.53 Å². The lowest BCUT2D eigenvalue weighted by Crippen LogP contribution is -2.04. The van der Waals surface area contributed by atoms with Gasteiger partial charge in [-0.15, -0.1) is 0 Å². The molecule has 0 aliphatic carbocycles. The van der Waals surface area contributed by atoms with Gasteiger partial charge in [-0.3, -0.25) is 9.78 Å². The number of esters is 1. The van der Waals surface area contributed by atoms with Gasteiger partial charge in [-0.1, -0.05) is 25.8 Å². The molecule has 118 valence electrons. The number of aromatic nitrogens is 1. The minimum atomic E-state index is -0.0899. The second kappa shape index (κ2) is 10.4. The first kappa shape index (κ1) is 17.7. The SMILES string of the molecule is CCCCCc1ccc(CCCCC(=O)OCC)nc1C. The zero-order chi connectivity index (χ0) is 15.5. The Bertz CT molecular complexity index is 429. The van der Waals surface area contributed by atoms with Gasteiger partial charge in [0, 0.05) is 17.8 Å². The third-order valence-electron chi connectivity index (χ3n) is 3.67. The lowest BCUT2D eigenvalue weighted by molar-refractivity contribution is -0.143. The van der Waals surface area contributed by atoms with E-state index >= 15 is 0 Å². The summed E-state index contributed by atoms with van der Waals surface area (Å²) in [5.41, 5.74) is 3.67. The smallest absolute Gasteiger partial charge is 0.305 e. The molecule has 0 N–H and O–H groups in total. The average Bonchev–Trinajstić information content (AvgIpc) is 2.46.